The van der Waals surface area contributed by atoms with E-state index in [2.05, 4.69) is 5.32 Å². The number of nitrogens with one attached hydrogen (secondary N) is 1. The number of alkyl halides is 3. The minimum atomic E-state index is -4.39. The number of amides is 1. The van der Waals surface area contributed by atoms with Crippen molar-refractivity contribution in [2.45, 2.75) is 12.6 Å². The lowest BCUT2D eigenvalue weighted by Gasteiger charge is -2.27. The van der Waals surface area contributed by atoms with Crippen molar-refractivity contribution in [2.75, 3.05) is 26.2 Å². The molecule has 0 aromatic heterocycles. The number of halogens is 4. The van der Waals surface area contributed by atoms with E-state index < -0.39 is 18.5 Å². The van der Waals surface area contributed by atoms with Gasteiger partial charge in [-0.1, -0.05) is 0 Å². The Morgan fingerprint density at radius 2 is 1.79 bits per heavy atom. The fraction of sp³-hybridized carbons (Fsp3) is 0.857. The molecule has 0 aromatic carbocycles. The molecule has 3 nitrogen and oxygen atoms in total. The molecule has 1 rings (SSSR count). The molecule has 0 spiro atoms. The third-order valence-corrected chi connectivity index (χ3v) is 1.82. The molecular weight excluding hydrogens is 221 g/mol. The molecule has 84 valence electrons. The average molecular weight is 233 g/mol. The number of piperazine rings is 1. The Bertz CT molecular complexity index is 192. The number of hydrogen-bond acceptors (Lipinski definition) is 2. The first-order valence-electron chi connectivity index (χ1n) is 4.04. The smallest absolute Gasteiger partial charge is 0.340 e. The van der Waals surface area contributed by atoms with E-state index in [9.17, 15) is 18.0 Å². The first-order valence-corrected chi connectivity index (χ1v) is 4.04. The van der Waals surface area contributed by atoms with Gasteiger partial charge in [0.1, 0.15) is 6.42 Å². The molecule has 0 aliphatic carbocycles. The second-order valence-electron chi connectivity index (χ2n) is 2.92. The first-order chi connectivity index (χ1) is 5.99. The third-order valence-electron chi connectivity index (χ3n) is 1.82. The van der Waals surface area contributed by atoms with E-state index in [1.807, 2.05) is 0 Å². The van der Waals surface area contributed by atoms with Gasteiger partial charge in [-0.25, -0.2) is 0 Å². The Morgan fingerprint density at radius 3 is 2.21 bits per heavy atom. The lowest BCUT2D eigenvalue weighted by molar-refractivity contribution is -0.161. The van der Waals surface area contributed by atoms with Gasteiger partial charge in [-0.15, -0.1) is 12.4 Å². The van der Waals surface area contributed by atoms with Gasteiger partial charge in [-0.3, -0.25) is 4.79 Å². The maximum atomic E-state index is 11.8. The zero-order valence-corrected chi connectivity index (χ0v) is 8.25. The van der Waals surface area contributed by atoms with Crippen LogP contribution in [0.2, 0.25) is 0 Å². The van der Waals surface area contributed by atoms with Crippen molar-refractivity contribution in [2.24, 2.45) is 0 Å². The minimum Gasteiger partial charge on any atom is -0.340 e. The third kappa shape index (κ3) is 4.66. The molecule has 1 amide bonds. The van der Waals surface area contributed by atoms with Crippen LogP contribution < -0.4 is 5.32 Å². The molecule has 7 heteroatoms. The van der Waals surface area contributed by atoms with Crippen LogP contribution in [-0.4, -0.2) is 43.2 Å². The molecule has 1 aliphatic rings. The van der Waals surface area contributed by atoms with Crippen LogP contribution in [0.1, 0.15) is 6.42 Å². The zero-order valence-electron chi connectivity index (χ0n) is 7.43. The van der Waals surface area contributed by atoms with E-state index in [4.69, 9.17) is 0 Å². The molecular formula is C7H12ClF3N2O. The number of carbonyl (C=O) groups excluding carboxylic acids is 1. The second kappa shape index (κ2) is 5.41. The summed E-state index contributed by atoms with van der Waals surface area (Å²) < 4.78 is 35.4. The Labute approximate surface area is 86.0 Å². The van der Waals surface area contributed by atoms with Gasteiger partial charge in [0.2, 0.25) is 5.91 Å². The average Bonchev–Trinajstić information content (AvgIpc) is 2.03. The Hall–Kier alpha value is -0.490. The molecule has 0 aromatic rings. The Kier molecular flexibility index (Phi) is 5.22. The van der Waals surface area contributed by atoms with Crippen LogP contribution in [-0.2, 0) is 4.79 Å². The molecule has 1 N–H and O–H groups in total. The van der Waals surface area contributed by atoms with E-state index >= 15 is 0 Å². The van der Waals surface area contributed by atoms with Crippen LogP contribution in [0.5, 0.6) is 0 Å². The number of carbonyl (C=O) groups is 1. The SMILES string of the molecule is Cl.O=C(CC(F)(F)F)N1CCNCC1. The summed E-state index contributed by atoms with van der Waals surface area (Å²) in [5.41, 5.74) is 0. The first kappa shape index (κ1) is 13.5. The summed E-state index contributed by atoms with van der Waals surface area (Å²) in [7, 11) is 0. The van der Waals surface area contributed by atoms with Crippen LogP contribution >= 0.6 is 12.4 Å². The van der Waals surface area contributed by atoms with Gasteiger partial charge in [0.25, 0.3) is 0 Å². The van der Waals surface area contributed by atoms with Crippen LogP contribution in [0.15, 0.2) is 0 Å². The molecule has 1 heterocycles. The van der Waals surface area contributed by atoms with Crippen molar-refractivity contribution < 1.29 is 18.0 Å². The molecule has 14 heavy (non-hydrogen) atoms. The predicted octanol–water partition coefficient (Wildman–Crippen LogP) is 0.792. The highest BCUT2D eigenvalue weighted by atomic mass is 35.5. The summed E-state index contributed by atoms with van der Waals surface area (Å²) in [6.07, 6.45) is -5.73. The normalized spacial score (nSPS) is 17.5. The largest absolute Gasteiger partial charge is 0.397 e. The lowest BCUT2D eigenvalue weighted by Crippen LogP contribution is -2.47. The van der Waals surface area contributed by atoms with Gasteiger partial charge in [0.05, 0.1) is 0 Å². The summed E-state index contributed by atoms with van der Waals surface area (Å²) in [6.45, 7) is 1.89. The Balaban J connectivity index is 0.00000169. The highest BCUT2D eigenvalue weighted by molar-refractivity contribution is 5.85. The van der Waals surface area contributed by atoms with Crippen molar-refractivity contribution in [1.29, 1.82) is 0 Å². The van der Waals surface area contributed by atoms with Crippen LogP contribution in [0.25, 0.3) is 0 Å². The van der Waals surface area contributed by atoms with Crippen LogP contribution in [0.3, 0.4) is 0 Å². The van der Waals surface area contributed by atoms with Gasteiger partial charge in [-0.05, 0) is 0 Å². The lowest BCUT2D eigenvalue weighted by atomic mass is 10.3. The van der Waals surface area contributed by atoms with Crippen molar-refractivity contribution in [3.63, 3.8) is 0 Å². The molecule has 1 fully saturated rings. The van der Waals surface area contributed by atoms with Gasteiger partial charge in [0, 0.05) is 26.2 Å². The quantitative estimate of drug-likeness (QED) is 0.725. The molecule has 1 aliphatic heterocycles. The van der Waals surface area contributed by atoms with E-state index in [1.165, 1.54) is 4.90 Å². The predicted molar refractivity (Wildman–Crippen MR) is 47.4 cm³/mol. The van der Waals surface area contributed by atoms with Crippen molar-refractivity contribution in [1.82, 2.24) is 10.2 Å². The zero-order chi connectivity index (χ0) is 9.90. The summed E-state index contributed by atoms with van der Waals surface area (Å²) in [5, 5.41) is 2.96. The Morgan fingerprint density at radius 1 is 1.29 bits per heavy atom. The standard InChI is InChI=1S/C7H11F3N2O.ClH/c8-7(9,10)5-6(13)12-3-1-11-2-4-12;/h11H,1-5H2;1H. The van der Waals surface area contributed by atoms with Gasteiger partial charge in [0.15, 0.2) is 0 Å². The summed E-state index contributed by atoms with van der Waals surface area (Å²) in [6, 6.07) is 0. The fourth-order valence-electron chi connectivity index (χ4n) is 1.20. The van der Waals surface area contributed by atoms with Gasteiger partial charge in [-0.2, -0.15) is 13.2 Å². The van der Waals surface area contributed by atoms with E-state index in [0.717, 1.165) is 0 Å². The van der Waals surface area contributed by atoms with Gasteiger partial charge >= 0.3 is 6.18 Å². The van der Waals surface area contributed by atoms with Crippen LogP contribution in [0.4, 0.5) is 13.2 Å². The van der Waals surface area contributed by atoms with E-state index in [-0.39, 0.29) is 12.4 Å². The minimum absolute atomic E-state index is 0. The summed E-state index contributed by atoms with van der Waals surface area (Å²) in [4.78, 5) is 12.2. The molecule has 0 saturated carbocycles. The molecule has 0 atom stereocenters. The number of rotatable bonds is 1. The second-order valence-corrected chi connectivity index (χ2v) is 2.92. The van der Waals surface area contributed by atoms with Crippen molar-refractivity contribution >= 4 is 18.3 Å². The van der Waals surface area contributed by atoms with Crippen LogP contribution in [0, 0.1) is 0 Å². The monoisotopic (exact) mass is 232 g/mol. The molecule has 0 bridgehead atoms. The summed E-state index contributed by atoms with van der Waals surface area (Å²) >= 11 is 0. The molecule has 1 saturated heterocycles. The van der Waals surface area contributed by atoms with Crippen molar-refractivity contribution in [3.05, 3.63) is 0 Å². The summed E-state index contributed by atoms with van der Waals surface area (Å²) in [5.74, 6) is -0.825. The number of hydrogen-bond donors (Lipinski definition) is 1. The highest BCUT2D eigenvalue weighted by Crippen LogP contribution is 2.20. The fourth-order valence-corrected chi connectivity index (χ4v) is 1.20. The number of nitrogens with zero attached hydrogens (tertiary/aromatic N) is 1. The van der Waals surface area contributed by atoms with Crippen molar-refractivity contribution in [3.8, 4) is 0 Å². The van der Waals surface area contributed by atoms with E-state index in [1.54, 1.807) is 0 Å². The van der Waals surface area contributed by atoms with Gasteiger partial charge < -0.3 is 10.2 Å². The maximum absolute atomic E-state index is 11.8. The topological polar surface area (TPSA) is 32.3 Å². The highest BCUT2D eigenvalue weighted by Gasteiger charge is 2.33. The van der Waals surface area contributed by atoms with E-state index in [0.29, 0.717) is 26.2 Å². The maximum Gasteiger partial charge on any atom is 0.397 e. The molecule has 0 radical (unpaired) electrons. The molecule has 0 unspecified atom stereocenters.